The molecule has 164 valence electrons. The molecule has 1 aromatic rings. The zero-order chi connectivity index (χ0) is 22.3. The van der Waals surface area contributed by atoms with Crippen molar-refractivity contribution in [3.8, 4) is 5.75 Å². The quantitative estimate of drug-likeness (QED) is 0.536. The first-order valence-electron chi connectivity index (χ1n) is 9.83. The number of amides is 2. The van der Waals surface area contributed by atoms with E-state index in [1.54, 1.807) is 12.0 Å². The maximum Gasteiger partial charge on any atom is 0.370 e. The number of carboxylic acids is 1. The molecule has 1 aliphatic rings. The van der Waals surface area contributed by atoms with Crippen LogP contribution in [0.3, 0.4) is 0 Å². The minimum absolute atomic E-state index is 0.376. The molecule has 30 heavy (non-hydrogen) atoms. The Morgan fingerprint density at radius 2 is 1.97 bits per heavy atom. The van der Waals surface area contributed by atoms with Gasteiger partial charge in [-0.2, -0.15) is 0 Å². The second-order valence-electron chi connectivity index (χ2n) is 7.07. The van der Waals surface area contributed by atoms with Crippen molar-refractivity contribution < 1.29 is 29.0 Å². The number of carbonyl (C=O) groups is 3. The fourth-order valence-electron chi connectivity index (χ4n) is 3.41. The van der Waals surface area contributed by atoms with Crippen LogP contribution >= 0.6 is 0 Å². The monoisotopic (exact) mass is 419 g/mol. The van der Waals surface area contributed by atoms with Crippen LogP contribution in [0.5, 0.6) is 5.75 Å². The Bertz CT molecular complexity index is 810. The highest BCUT2D eigenvalue weighted by atomic mass is 16.5. The molecule has 9 nitrogen and oxygen atoms in total. The molecule has 0 saturated heterocycles. The molecule has 2 rings (SSSR count). The number of benzene rings is 1. The van der Waals surface area contributed by atoms with E-state index in [0.29, 0.717) is 25.9 Å². The topological polar surface area (TPSA) is 131 Å². The summed E-state index contributed by atoms with van der Waals surface area (Å²) in [6.07, 6.45) is 1.21. The van der Waals surface area contributed by atoms with E-state index >= 15 is 0 Å². The summed E-state index contributed by atoms with van der Waals surface area (Å²) in [5.41, 5.74) is 6.98. The molecule has 0 aliphatic carbocycles. The largest absolute Gasteiger partial charge is 0.496 e. The van der Waals surface area contributed by atoms with Gasteiger partial charge in [-0.25, -0.2) is 4.79 Å². The lowest BCUT2D eigenvalue weighted by Gasteiger charge is -2.37. The highest BCUT2D eigenvalue weighted by Crippen LogP contribution is 2.22. The summed E-state index contributed by atoms with van der Waals surface area (Å²) >= 11 is 0. The van der Waals surface area contributed by atoms with E-state index in [4.69, 9.17) is 15.2 Å². The molecule has 1 aliphatic heterocycles. The molecule has 0 unspecified atom stereocenters. The van der Waals surface area contributed by atoms with Gasteiger partial charge in [0, 0.05) is 20.0 Å². The van der Waals surface area contributed by atoms with Crippen molar-refractivity contribution in [1.29, 1.82) is 0 Å². The van der Waals surface area contributed by atoms with Gasteiger partial charge in [0.1, 0.15) is 5.75 Å². The number of rotatable bonds is 9. The first-order valence-corrected chi connectivity index (χ1v) is 9.83. The van der Waals surface area contributed by atoms with Crippen molar-refractivity contribution in [2.75, 3.05) is 20.2 Å². The van der Waals surface area contributed by atoms with Gasteiger partial charge in [0.15, 0.2) is 6.10 Å². The van der Waals surface area contributed by atoms with Gasteiger partial charge in [0.2, 0.25) is 11.7 Å². The number of nitrogens with one attached hydrogen (secondary N) is 1. The first kappa shape index (κ1) is 23.2. The molecular weight excluding hydrogens is 390 g/mol. The van der Waals surface area contributed by atoms with E-state index in [-0.39, 0.29) is 5.91 Å². The normalized spacial score (nSPS) is 20.5. The maximum absolute atomic E-state index is 13.3. The standard InChI is InChI=1S/C21H29N3O6/c1-4-10-24(11-9-14-7-5-6-8-16(14)29-3)20(26)19-18(23-13(2)25)15(22)12-17(30-19)21(27)28/h5-8,12,15,18-19H,4,9-11,22H2,1-3H3,(H,23,25)(H,27,28)/t15-,18+,19+/m0/s1. The van der Waals surface area contributed by atoms with E-state index < -0.39 is 35.8 Å². The molecule has 3 atom stereocenters. The van der Waals surface area contributed by atoms with Crippen molar-refractivity contribution in [2.45, 2.75) is 44.9 Å². The van der Waals surface area contributed by atoms with Crippen LogP contribution in [-0.2, 0) is 25.5 Å². The van der Waals surface area contributed by atoms with E-state index in [0.717, 1.165) is 11.3 Å². The molecule has 0 bridgehead atoms. The highest BCUT2D eigenvalue weighted by molar-refractivity contribution is 5.88. The Labute approximate surface area is 175 Å². The Morgan fingerprint density at radius 1 is 1.27 bits per heavy atom. The van der Waals surface area contributed by atoms with Gasteiger partial charge in [-0.05, 0) is 30.5 Å². The van der Waals surface area contributed by atoms with E-state index in [9.17, 15) is 19.5 Å². The Morgan fingerprint density at radius 3 is 2.57 bits per heavy atom. The third-order valence-corrected chi connectivity index (χ3v) is 4.81. The number of nitrogens with two attached hydrogens (primary N) is 1. The lowest BCUT2D eigenvalue weighted by Crippen LogP contribution is -2.61. The number of methoxy groups -OCH3 is 1. The van der Waals surface area contributed by atoms with Gasteiger partial charge in [-0.1, -0.05) is 25.1 Å². The van der Waals surface area contributed by atoms with E-state index in [1.165, 1.54) is 13.0 Å². The van der Waals surface area contributed by atoms with Gasteiger partial charge in [-0.15, -0.1) is 0 Å². The number of aliphatic carboxylic acids is 1. The number of carbonyl (C=O) groups excluding carboxylic acids is 2. The van der Waals surface area contributed by atoms with Crippen LogP contribution in [0, 0.1) is 0 Å². The van der Waals surface area contributed by atoms with Crippen molar-refractivity contribution in [3.05, 3.63) is 41.7 Å². The number of hydrogen-bond acceptors (Lipinski definition) is 6. The summed E-state index contributed by atoms with van der Waals surface area (Å²) < 4.78 is 10.8. The minimum Gasteiger partial charge on any atom is -0.496 e. The van der Waals surface area contributed by atoms with Gasteiger partial charge in [0.05, 0.1) is 19.2 Å². The molecule has 0 aromatic heterocycles. The van der Waals surface area contributed by atoms with Crippen LogP contribution in [-0.4, -0.2) is 66.2 Å². The number of nitrogens with zero attached hydrogens (tertiary/aromatic N) is 1. The predicted octanol–water partition coefficient (Wildman–Crippen LogP) is 0.676. The molecule has 0 saturated carbocycles. The van der Waals surface area contributed by atoms with Crippen molar-refractivity contribution in [2.24, 2.45) is 5.73 Å². The molecular formula is C21H29N3O6. The summed E-state index contributed by atoms with van der Waals surface area (Å²) in [5, 5.41) is 11.9. The highest BCUT2D eigenvalue weighted by Gasteiger charge is 2.42. The summed E-state index contributed by atoms with van der Waals surface area (Å²) in [7, 11) is 1.59. The van der Waals surface area contributed by atoms with Crippen molar-refractivity contribution in [1.82, 2.24) is 10.2 Å². The zero-order valence-electron chi connectivity index (χ0n) is 17.5. The van der Waals surface area contributed by atoms with Gasteiger partial charge >= 0.3 is 5.97 Å². The molecule has 2 amide bonds. The van der Waals surface area contributed by atoms with Gasteiger partial charge in [0.25, 0.3) is 5.91 Å². The lowest BCUT2D eigenvalue weighted by atomic mass is 9.97. The third-order valence-electron chi connectivity index (χ3n) is 4.81. The molecule has 1 heterocycles. The molecule has 0 fully saturated rings. The molecule has 1 aromatic carbocycles. The summed E-state index contributed by atoms with van der Waals surface area (Å²) in [6.45, 7) is 4.06. The van der Waals surface area contributed by atoms with Gasteiger partial charge in [-0.3, -0.25) is 9.59 Å². The predicted molar refractivity (Wildman–Crippen MR) is 110 cm³/mol. The van der Waals surface area contributed by atoms with E-state index in [2.05, 4.69) is 5.32 Å². The van der Waals surface area contributed by atoms with Crippen LogP contribution < -0.4 is 15.8 Å². The summed E-state index contributed by atoms with van der Waals surface area (Å²) in [5.74, 6) is -1.80. The van der Waals surface area contributed by atoms with Crippen LogP contribution in [0.25, 0.3) is 0 Å². The second-order valence-corrected chi connectivity index (χ2v) is 7.07. The van der Waals surface area contributed by atoms with Crippen molar-refractivity contribution >= 4 is 17.8 Å². The number of carboxylic acid groups (broad SMARTS) is 1. The lowest BCUT2D eigenvalue weighted by molar-refractivity contribution is -0.149. The minimum atomic E-state index is -1.32. The maximum atomic E-state index is 13.3. The average molecular weight is 419 g/mol. The van der Waals surface area contributed by atoms with Crippen molar-refractivity contribution in [3.63, 3.8) is 0 Å². The number of para-hydroxylation sites is 1. The SMILES string of the molecule is CCCN(CCc1ccccc1OC)C(=O)[C@@H]1OC(C(=O)O)=C[C@H](N)[C@H]1NC(C)=O. The fraction of sp³-hybridized carbons (Fsp3) is 0.476. The second kappa shape index (κ2) is 10.6. The Balaban J connectivity index is 2.24. The smallest absolute Gasteiger partial charge is 0.370 e. The first-order chi connectivity index (χ1) is 14.3. The average Bonchev–Trinajstić information content (AvgIpc) is 2.71. The van der Waals surface area contributed by atoms with Crippen LogP contribution in [0.2, 0.25) is 0 Å². The Kier molecular flexibility index (Phi) is 8.23. The van der Waals surface area contributed by atoms with Crippen LogP contribution in [0.1, 0.15) is 25.8 Å². The molecule has 0 spiro atoms. The molecule has 9 heteroatoms. The fourth-order valence-corrected chi connectivity index (χ4v) is 3.41. The Hall–Kier alpha value is -3.07. The molecule has 0 radical (unpaired) electrons. The summed E-state index contributed by atoms with van der Waals surface area (Å²) in [4.78, 5) is 37.9. The summed E-state index contributed by atoms with van der Waals surface area (Å²) in [6, 6.07) is 5.78. The molecule has 4 N–H and O–H groups in total. The number of hydrogen-bond donors (Lipinski definition) is 3. The van der Waals surface area contributed by atoms with Crippen LogP contribution in [0.4, 0.5) is 0 Å². The third kappa shape index (κ3) is 5.73. The van der Waals surface area contributed by atoms with E-state index in [1.807, 2.05) is 31.2 Å². The zero-order valence-corrected chi connectivity index (χ0v) is 17.5. The van der Waals surface area contributed by atoms with Gasteiger partial charge < -0.3 is 30.5 Å². The van der Waals surface area contributed by atoms with Crippen LogP contribution in [0.15, 0.2) is 36.1 Å². The number of ether oxygens (including phenoxy) is 2.